The molecular weight excluding hydrogens is 240 g/mol. The van der Waals surface area contributed by atoms with Crippen molar-refractivity contribution in [3.8, 4) is 0 Å². The molecule has 4 nitrogen and oxygen atoms in total. The minimum atomic E-state index is -0.588. The second-order valence-electron chi connectivity index (χ2n) is 4.04. The highest BCUT2D eigenvalue weighted by molar-refractivity contribution is 5.73. The zero-order valence-corrected chi connectivity index (χ0v) is 10.5. The average Bonchev–Trinajstić information content (AvgIpc) is 2.30. The normalized spacial score (nSPS) is 10.2. The van der Waals surface area contributed by atoms with Crippen LogP contribution in [-0.2, 0) is 6.54 Å². The first-order valence-electron chi connectivity index (χ1n) is 5.60. The van der Waals surface area contributed by atoms with Gasteiger partial charge in [0.2, 0.25) is 0 Å². The average molecular weight is 257 g/mol. The Kier molecular flexibility index (Phi) is 5.51. The van der Waals surface area contributed by atoms with Crippen LogP contribution in [0.1, 0.15) is 5.56 Å². The molecule has 0 aliphatic rings. The summed E-state index contributed by atoms with van der Waals surface area (Å²) in [6.45, 7) is 1.25. The van der Waals surface area contributed by atoms with Gasteiger partial charge < -0.3 is 15.5 Å². The first kappa shape index (κ1) is 14.4. The van der Waals surface area contributed by atoms with E-state index in [4.69, 9.17) is 0 Å². The molecule has 0 aliphatic carbocycles. The third-order valence-corrected chi connectivity index (χ3v) is 2.31. The molecule has 1 rings (SSSR count). The Morgan fingerprint density at radius 3 is 2.61 bits per heavy atom. The topological polar surface area (TPSA) is 44.4 Å². The SMILES string of the molecule is CN(C)C(=O)NCCNCc1ccc(F)cc1F. The van der Waals surface area contributed by atoms with Gasteiger partial charge in [-0.2, -0.15) is 0 Å². The van der Waals surface area contributed by atoms with Gasteiger partial charge in [-0.3, -0.25) is 0 Å². The molecule has 0 spiro atoms. The van der Waals surface area contributed by atoms with Crippen molar-refractivity contribution < 1.29 is 13.6 Å². The molecule has 0 unspecified atom stereocenters. The molecule has 1 aromatic carbocycles. The summed E-state index contributed by atoms with van der Waals surface area (Å²) < 4.78 is 25.9. The van der Waals surface area contributed by atoms with Crippen molar-refractivity contribution in [3.05, 3.63) is 35.4 Å². The lowest BCUT2D eigenvalue weighted by Crippen LogP contribution is -2.38. The van der Waals surface area contributed by atoms with Crippen LogP contribution < -0.4 is 10.6 Å². The van der Waals surface area contributed by atoms with E-state index < -0.39 is 11.6 Å². The number of amides is 2. The van der Waals surface area contributed by atoms with Gasteiger partial charge in [0, 0.05) is 45.4 Å². The van der Waals surface area contributed by atoms with E-state index in [1.807, 2.05) is 0 Å². The number of benzene rings is 1. The highest BCUT2D eigenvalue weighted by atomic mass is 19.1. The molecular formula is C12H17F2N3O. The molecule has 0 atom stereocenters. The summed E-state index contributed by atoms with van der Waals surface area (Å²) >= 11 is 0. The van der Waals surface area contributed by atoms with Crippen LogP contribution in [0, 0.1) is 11.6 Å². The Morgan fingerprint density at radius 2 is 2.00 bits per heavy atom. The van der Waals surface area contributed by atoms with Crippen molar-refractivity contribution in [2.45, 2.75) is 6.54 Å². The van der Waals surface area contributed by atoms with Crippen LogP contribution in [0.4, 0.5) is 13.6 Å². The molecule has 0 saturated heterocycles. The Morgan fingerprint density at radius 1 is 1.28 bits per heavy atom. The predicted molar refractivity (Wildman–Crippen MR) is 65.2 cm³/mol. The summed E-state index contributed by atoms with van der Waals surface area (Å²) in [7, 11) is 3.30. The van der Waals surface area contributed by atoms with Crippen LogP contribution in [0.25, 0.3) is 0 Å². The van der Waals surface area contributed by atoms with Crippen molar-refractivity contribution in [1.29, 1.82) is 0 Å². The van der Waals surface area contributed by atoms with E-state index in [0.29, 0.717) is 25.2 Å². The largest absolute Gasteiger partial charge is 0.337 e. The van der Waals surface area contributed by atoms with E-state index in [0.717, 1.165) is 6.07 Å². The summed E-state index contributed by atoms with van der Waals surface area (Å²) in [6.07, 6.45) is 0. The first-order chi connectivity index (χ1) is 8.50. The number of carbonyl (C=O) groups excluding carboxylic acids is 1. The lowest BCUT2D eigenvalue weighted by atomic mass is 10.2. The van der Waals surface area contributed by atoms with Gasteiger partial charge in [-0.15, -0.1) is 0 Å². The smallest absolute Gasteiger partial charge is 0.316 e. The summed E-state index contributed by atoms with van der Waals surface area (Å²) in [5.74, 6) is -1.16. The van der Waals surface area contributed by atoms with Crippen LogP contribution in [0.15, 0.2) is 18.2 Å². The minimum absolute atomic E-state index is 0.176. The molecule has 0 fully saturated rings. The van der Waals surface area contributed by atoms with Crippen molar-refractivity contribution >= 4 is 6.03 Å². The van der Waals surface area contributed by atoms with Crippen LogP contribution in [0.5, 0.6) is 0 Å². The summed E-state index contributed by atoms with van der Waals surface area (Å²) in [6, 6.07) is 3.29. The monoisotopic (exact) mass is 257 g/mol. The third-order valence-electron chi connectivity index (χ3n) is 2.31. The Balaban J connectivity index is 2.24. The molecule has 2 N–H and O–H groups in total. The summed E-state index contributed by atoms with van der Waals surface area (Å²) in [4.78, 5) is 12.6. The van der Waals surface area contributed by atoms with Crippen molar-refractivity contribution in [2.24, 2.45) is 0 Å². The standard InChI is InChI=1S/C12H17F2N3O/c1-17(2)12(18)16-6-5-15-8-9-3-4-10(13)7-11(9)14/h3-4,7,15H,5-6,8H2,1-2H3,(H,16,18). The molecule has 0 saturated carbocycles. The highest BCUT2D eigenvalue weighted by Gasteiger charge is 2.03. The molecule has 6 heteroatoms. The molecule has 0 radical (unpaired) electrons. The summed E-state index contributed by atoms with van der Waals surface area (Å²) in [5, 5.41) is 5.62. The van der Waals surface area contributed by atoms with Gasteiger partial charge in [0.05, 0.1) is 0 Å². The Bertz CT molecular complexity index is 410. The van der Waals surface area contributed by atoms with Gasteiger partial charge in [-0.1, -0.05) is 6.07 Å². The fourth-order valence-corrected chi connectivity index (χ4v) is 1.30. The van der Waals surface area contributed by atoms with Gasteiger partial charge in [0.25, 0.3) is 0 Å². The van der Waals surface area contributed by atoms with Crippen LogP contribution in [0.2, 0.25) is 0 Å². The van der Waals surface area contributed by atoms with Crippen molar-refractivity contribution in [1.82, 2.24) is 15.5 Å². The van der Waals surface area contributed by atoms with Gasteiger partial charge in [0.1, 0.15) is 11.6 Å². The summed E-state index contributed by atoms with van der Waals surface area (Å²) in [5.41, 5.74) is 0.398. The van der Waals surface area contributed by atoms with Crippen molar-refractivity contribution in [3.63, 3.8) is 0 Å². The maximum Gasteiger partial charge on any atom is 0.316 e. The molecule has 0 aliphatic heterocycles. The third kappa shape index (κ3) is 4.67. The molecule has 100 valence electrons. The van der Waals surface area contributed by atoms with Crippen LogP contribution >= 0.6 is 0 Å². The number of nitrogens with one attached hydrogen (secondary N) is 2. The number of nitrogens with zero attached hydrogens (tertiary/aromatic N) is 1. The second-order valence-corrected chi connectivity index (χ2v) is 4.04. The fourth-order valence-electron chi connectivity index (χ4n) is 1.30. The van der Waals surface area contributed by atoms with Gasteiger partial charge in [-0.05, 0) is 6.07 Å². The Hall–Kier alpha value is -1.69. The maximum absolute atomic E-state index is 13.2. The van der Waals surface area contributed by atoms with E-state index in [9.17, 15) is 13.6 Å². The lowest BCUT2D eigenvalue weighted by molar-refractivity contribution is 0.217. The van der Waals surface area contributed by atoms with Crippen LogP contribution in [-0.4, -0.2) is 38.1 Å². The number of halogens is 2. The highest BCUT2D eigenvalue weighted by Crippen LogP contribution is 2.08. The zero-order chi connectivity index (χ0) is 13.5. The molecule has 18 heavy (non-hydrogen) atoms. The number of rotatable bonds is 5. The van der Waals surface area contributed by atoms with E-state index in [1.165, 1.54) is 17.0 Å². The maximum atomic E-state index is 13.2. The number of urea groups is 1. The quantitative estimate of drug-likeness (QED) is 0.781. The van der Waals surface area contributed by atoms with Crippen LogP contribution in [0.3, 0.4) is 0 Å². The van der Waals surface area contributed by atoms with E-state index in [1.54, 1.807) is 14.1 Å². The number of hydrogen-bond acceptors (Lipinski definition) is 2. The lowest BCUT2D eigenvalue weighted by Gasteiger charge is -2.12. The zero-order valence-electron chi connectivity index (χ0n) is 10.5. The molecule has 0 aromatic heterocycles. The van der Waals surface area contributed by atoms with Gasteiger partial charge in [0.15, 0.2) is 0 Å². The predicted octanol–water partition coefficient (Wildman–Crippen LogP) is 1.33. The van der Waals surface area contributed by atoms with E-state index in [2.05, 4.69) is 10.6 Å². The first-order valence-corrected chi connectivity index (χ1v) is 5.60. The molecule has 2 amide bonds. The number of hydrogen-bond donors (Lipinski definition) is 2. The molecule has 0 bridgehead atoms. The van der Waals surface area contributed by atoms with Gasteiger partial charge in [-0.25, -0.2) is 13.6 Å². The van der Waals surface area contributed by atoms with Crippen molar-refractivity contribution in [2.75, 3.05) is 27.2 Å². The van der Waals surface area contributed by atoms with Gasteiger partial charge >= 0.3 is 6.03 Å². The van der Waals surface area contributed by atoms with E-state index in [-0.39, 0.29) is 6.03 Å². The second kappa shape index (κ2) is 6.90. The Labute approximate surface area is 105 Å². The molecule has 0 heterocycles. The fraction of sp³-hybridized carbons (Fsp3) is 0.417. The minimum Gasteiger partial charge on any atom is -0.337 e. The molecule has 1 aromatic rings. The van der Waals surface area contributed by atoms with E-state index >= 15 is 0 Å². The number of carbonyl (C=O) groups is 1.